The molecule has 4 amide bonds. The fourth-order valence-corrected chi connectivity index (χ4v) is 10.2. The number of halogens is 2. The maximum atomic E-state index is 14.1. The Kier molecular flexibility index (Phi) is 17.9. The number of nitrogens with zero attached hydrogens (tertiary/aromatic N) is 6. The van der Waals surface area contributed by atoms with Gasteiger partial charge in [0.05, 0.1) is 75.5 Å². The zero-order valence-electron chi connectivity index (χ0n) is 41.4. The maximum absolute atomic E-state index is 14.1. The summed E-state index contributed by atoms with van der Waals surface area (Å²) in [5, 5.41) is 30.9. The van der Waals surface area contributed by atoms with Gasteiger partial charge in [-0.05, 0) is 48.4 Å². The van der Waals surface area contributed by atoms with Gasteiger partial charge in [0.1, 0.15) is 23.9 Å². The monoisotopic (exact) mass is 1040 g/mol. The molecule has 4 N–H and O–H groups in total. The summed E-state index contributed by atoms with van der Waals surface area (Å²) in [7, 11) is 3.04. The van der Waals surface area contributed by atoms with Crippen molar-refractivity contribution in [3.8, 4) is 33.8 Å². The van der Waals surface area contributed by atoms with Crippen molar-refractivity contribution in [1.29, 1.82) is 5.26 Å². The number of pyridine rings is 1. The van der Waals surface area contributed by atoms with Crippen molar-refractivity contribution in [2.45, 2.75) is 84.5 Å². The second-order valence-electron chi connectivity index (χ2n) is 19.0. The standard InChI is InChI=1S/C52H61Cl2N9O8S/c1-31-48(72-30-58-31)33-13-11-32(12-14-33)27-57-50(67)41-21-35(64)29-63(41)51(68)49(52(2,3)4)60-45(65)9-7-10-46(66)62-18-16-61(17-19-62)15-8-20-71-44-24-39-36(22-43(44)70-6)47(34(26-55)28-56-39)59-40-25-42(69-5)38(54)23-37(40)53/h11-14,22-25,28,30,35,41,49,64H,7-10,15-21,27,29H2,1-6H3,(H,56,59)(H,57,67)(H,60,65)/t35-,41+,49?/m1/s1. The molecule has 72 heavy (non-hydrogen) atoms. The lowest BCUT2D eigenvalue weighted by Gasteiger charge is -2.35. The summed E-state index contributed by atoms with van der Waals surface area (Å²) < 4.78 is 17.2. The SMILES string of the molecule is COc1cc(Nc2c(C#N)cnc3cc(OCCCN4CCN(C(=O)CCCC(=O)NC(C(=O)N5C[C@H](O)C[C@H]5C(=O)NCc5ccc(-c6scnc6C)cc5)C(C)(C)C)CC4)c(OC)cc23)c(Cl)cc1Cl. The summed E-state index contributed by atoms with van der Waals surface area (Å²) in [5.41, 5.74) is 5.83. The van der Waals surface area contributed by atoms with Crippen molar-refractivity contribution in [3.05, 3.63) is 87.1 Å². The van der Waals surface area contributed by atoms with Crippen LogP contribution in [0.3, 0.4) is 0 Å². The molecule has 5 aromatic rings. The number of carbonyl (C=O) groups is 4. The summed E-state index contributed by atoms with van der Waals surface area (Å²) in [6, 6.07) is 14.9. The van der Waals surface area contributed by atoms with E-state index in [0.717, 1.165) is 28.2 Å². The van der Waals surface area contributed by atoms with Crippen LogP contribution in [0.4, 0.5) is 11.4 Å². The Morgan fingerprint density at radius 1 is 0.944 bits per heavy atom. The molecule has 0 saturated carbocycles. The fraction of sp³-hybridized carbons (Fsp3) is 0.442. The smallest absolute Gasteiger partial charge is 0.246 e. The molecule has 2 aliphatic rings. The Morgan fingerprint density at radius 2 is 1.68 bits per heavy atom. The van der Waals surface area contributed by atoms with Crippen molar-refractivity contribution >= 4 is 80.4 Å². The minimum absolute atomic E-state index is 0.0247. The Bertz CT molecular complexity index is 2810. The third-order valence-electron chi connectivity index (χ3n) is 12.9. The predicted octanol–water partition coefficient (Wildman–Crippen LogP) is 7.50. The van der Waals surface area contributed by atoms with E-state index in [1.54, 1.807) is 42.7 Å². The van der Waals surface area contributed by atoms with Crippen LogP contribution in [0.5, 0.6) is 17.2 Å². The average Bonchev–Trinajstić information content (AvgIpc) is 3.99. The number of aromatic nitrogens is 2. The van der Waals surface area contributed by atoms with Crippen LogP contribution in [0, 0.1) is 23.7 Å². The molecule has 0 spiro atoms. The van der Waals surface area contributed by atoms with Gasteiger partial charge in [0.25, 0.3) is 0 Å². The number of methoxy groups -OCH3 is 2. The molecule has 0 aliphatic carbocycles. The van der Waals surface area contributed by atoms with E-state index >= 15 is 0 Å². The lowest BCUT2D eigenvalue weighted by Crippen LogP contribution is -2.57. The molecule has 0 bridgehead atoms. The summed E-state index contributed by atoms with van der Waals surface area (Å²) in [6.45, 7) is 11.3. The Balaban J connectivity index is 0.838. The number of ether oxygens (including phenoxy) is 3. The van der Waals surface area contributed by atoms with Gasteiger partial charge >= 0.3 is 0 Å². The highest BCUT2D eigenvalue weighted by atomic mass is 35.5. The second-order valence-corrected chi connectivity index (χ2v) is 20.7. The molecule has 3 aromatic carbocycles. The average molecular weight is 1040 g/mol. The summed E-state index contributed by atoms with van der Waals surface area (Å²) >= 11 is 14.3. The minimum Gasteiger partial charge on any atom is -0.495 e. The van der Waals surface area contributed by atoms with Gasteiger partial charge in [-0.25, -0.2) is 4.98 Å². The number of piperazine rings is 1. The van der Waals surface area contributed by atoms with E-state index < -0.39 is 29.5 Å². The number of anilines is 2. The van der Waals surface area contributed by atoms with Crippen LogP contribution in [-0.4, -0.2) is 132 Å². The van der Waals surface area contributed by atoms with Crippen LogP contribution in [0.2, 0.25) is 10.0 Å². The number of hydrogen-bond acceptors (Lipinski definition) is 14. The number of nitriles is 1. The first-order valence-electron chi connectivity index (χ1n) is 23.9. The highest BCUT2D eigenvalue weighted by Gasteiger charge is 2.44. The Morgan fingerprint density at radius 3 is 2.35 bits per heavy atom. The van der Waals surface area contributed by atoms with Crippen molar-refractivity contribution in [1.82, 2.24) is 35.3 Å². The number of amides is 4. The van der Waals surface area contributed by atoms with Crippen LogP contribution in [-0.2, 0) is 25.7 Å². The van der Waals surface area contributed by atoms with Crippen LogP contribution >= 0.6 is 34.5 Å². The molecular formula is C52H61Cl2N9O8S. The molecule has 2 saturated heterocycles. The fourth-order valence-electron chi connectivity index (χ4n) is 8.87. The van der Waals surface area contributed by atoms with Crippen LogP contribution in [0.15, 0.2) is 60.2 Å². The van der Waals surface area contributed by atoms with Gasteiger partial charge in [0, 0.05) is 88.8 Å². The molecule has 2 aliphatic heterocycles. The number of hydrogen-bond donors (Lipinski definition) is 4. The summed E-state index contributed by atoms with van der Waals surface area (Å²) in [6.07, 6.45) is 1.93. The number of likely N-dealkylation sites (tertiary alicyclic amines) is 1. The molecule has 2 fully saturated rings. The molecule has 7 rings (SSSR count). The quantitative estimate of drug-likeness (QED) is 0.0591. The number of benzene rings is 3. The summed E-state index contributed by atoms with van der Waals surface area (Å²) in [4.78, 5) is 69.6. The highest BCUT2D eigenvalue weighted by molar-refractivity contribution is 7.13. The van der Waals surface area contributed by atoms with Gasteiger partial charge in [0.15, 0.2) is 11.5 Å². The largest absolute Gasteiger partial charge is 0.495 e. The molecule has 2 aromatic heterocycles. The number of aryl methyl sites for hydroxylation is 1. The third-order valence-corrected chi connectivity index (χ3v) is 14.5. The number of rotatable bonds is 19. The van der Waals surface area contributed by atoms with Crippen molar-refractivity contribution in [2.24, 2.45) is 5.41 Å². The van der Waals surface area contributed by atoms with E-state index in [2.05, 4.69) is 36.9 Å². The molecule has 3 atom stereocenters. The molecule has 382 valence electrons. The van der Waals surface area contributed by atoms with Gasteiger partial charge in [0.2, 0.25) is 23.6 Å². The first-order valence-corrected chi connectivity index (χ1v) is 25.5. The number of carbonyl (C=O) groups excluding carboxylic acids is 4. The first kappa shape index (κ1) is 53.6. The molecule has 1 unspecified atom stereocenters. The van der Waals surface area contributed by atoms with Crippen molar-refractivity contribution in [2.75, 3.05) is 65.4 Å². The van der Waals surface area contributed by atoms with Gasteiger partial charge in [-0.2, -0.15) is 5.26 Å². The van der Waals surface area contributed by atoms with E-state index in [-0.39, 0.29) is 50.1 Å². The second kappa shape index (κ2) is 24.0. The molecular weight excluding hydrogens is 982 g/mol. The number of β-amino-alcohol motifs (C(OH)–C–C–N with tert-alkyl or cyclic N) is 1. The number of fused-ring (bicyclic) bond motifs is 1. The van der Waals surface area contributed by atoms with Gasteiger partial charge in [-0.3, -0.25) is 29.1 Å². The lowest BCUT2D eigenvalue weighted by atomic mass is 9.85. The van der Waals surface area contributed by atoms with E-state index in [1.165, 1.54) is 18.2 Å². The molecule has 20 heteroatoms. The Hall–Kier alpha value is -6.23. The zero-order valence-corrected chi connectivity index (χ0v) is 43.7. The zero-order chi connectivity index (χ0) is 51.7. The highest BCUT2D eigenvalue weighted by Crippen LogP contribution is 2.41. The summed E-state index contributed by atoms with van der Waals surface area (Å²) in [5.74, 6) is 0.163. The topological polar surface area (TPSA) is 212 Å². The van der Waals surface area contributed by atoms with Gasteiger partial charge in [-0.1, -0.05) is 68.2 Å². The Labute approximate surface area is 433 Å². The van der Waals surface area contributed by atoms with Crippen LogP contribution < -0.4 is 30.2 Å². The number of aliphatic hydroxyl groups excluding tert-OH is 1. The number of thiazole rings is 1. The molecule has 17 nitrogen and oxygen atoms in total. The van der Waals surface area contributed by atoms with E-state index in [4.69, 9.17) is 37.4 Å². The van der Waals surface area contributed by atoms with Crippen molar-refractivity contribution in [3.63, 3.8) is 0 Å². The van der Waals surface area contributed by atoms with E-state index in [9.17, 15) is 29.5 Å². The minimum atomic E-state index is -0.962. The van der Waals surface area contributed by atoms with Crippen molar-refractivity contribution < 1.29 is 38.5 Å². The number of nitrogens with one attached hydrogen (secondary N) is 3. The van der Waals surface area contributed by atoms with E-state index in [1.807, 2.05) is 62.4 Å². The number of aliphatic hydroxyl groups is 1. The van der Waals surface area contributed by atoms with Crippen LogP contribution in [0.25, 0.3) is 21.3 Å². The predicted molar refractivity (Wildman–Crippen MR) is 278 cm³/mol. The van der Waals surface area contributed by atoms with E-state index in [0.29, 0.717) is 101 Å². The third kappa shape index (κ3) is 13.0. The molecule has 0 radical (unpaired) electrons. The first-order chi connectivity index (χ1) is 34.5. The van der Waals surface area contributed by atoms with Gasteiger partial charge < -0.3 is 45.1 Å². The molecule has 4 heterocycles. The normalized spacial score (nSPS) is 16.5. The van der Waals surface area contributed by atoms with Crippen LogP contribution in [0.1, 0.15) is 69.7 Å². The lowest BCUT2D eigenvalue weighted by molar-refractivity contribution is -0.144. The maximum Gasteiger partial charge on any atom is 0.246 e. The van der Waals surface area contributed by atoms with Gasteiger partial charge in [-0.15, -0.1) is 11.3 Å².